The fourth-order valence-electron chi connectivity index (χ4n) is 4.78. The first-order valence-electron chi connectivity index (χ1n) is 12.4. The van der Waals surface area contributed by atoms with Gasteiger partial charge in [-0.3, -0.25) is 15.2 Å². The van der Waals surface area contributed by atoms with Crippen molar-refractivity contribution in [3.8, 4) is 16.9 Å². The molecule has 1 fully saturated rings. The standard InChI is InChI=1S/C28H33N7O2/c1-2-34-28(37)27(32)35(20-9-7-17(8-10-20)18-11-13-33-14-12-18)26(31)22-15-21(23(29)16-24(22)36)25(30)19-5-3-4-6-19/h7-16,19,27,30-31,36H,2-6,29,32H2,1H3,(H,34,37). The Hall–Kier alpha value is -4.24. The van der Waals surface area contributed by atoms with Crippen molar-refractivity contribution in [2.75, 3.05) is 17.2 Å². The van der Waals surface area contributed by atoms with Crippen molar-refractivity contribution in [3.05, 3.63) is 72.1 Å². The number of nitrogens with two attached hydrogens (primary N) is 2. The molecule has 1 aliphatic carbocycles. The number of rotatable bonds is 8. The van der Waals surface area contributed by atoms with Gasteiger partial charge in [0.25, 0.3) is 5.91 Å². The minimum Gasteiger partial charge on any atom is -0.507 e. The first-order valence-corrected chi connectivity index (χ1v) is 12.4. The fraction of sp³-hybridized carbons (Fsp3) is 0.286. The number of likely N-dealkylation sites (N-methyl/N-ethyl adjacent to an activating group) is 1. The molecule has 0 bridgehead atoms. The van der Waals surface area contributed by atoms with E-state index in [2.05, 4.69) is 10.3 Å². The van der Waals surface area contributed by atoms with Crippen molar-refractivity contribution in [1.29, 1.82) is 10.8 Å². The Balaban J connectivity index is 1.74. The van der Waals surface area contributed by atoms with E-state index in [1.807, 2.05) is 24.3 Å². The predicted octanol–water partition coefficient (Wildman–Crippen LogP) is 3.85. The highest BCUT2D eigenvalue weighted by Crippen LogP contribution is 2.34. The Bertz CT molecular complexity index is 1290. The molecule has 0 saturated heterocycles. The van der Waals surface area contributed by atoms with Gasteiger partial charge in [-0.25, -0.2) is 0 Å². The molecule has 1 aromatic heterocycles. The van der Waals surface area contributed by atoms with E-state index in [1.54, 1.807) is 37.5 Å². The van der Waals surface area contributed by atoms with Crippen LogP contribution in [-0.2, 0) is 4.79 Å². The van der Waals surface area contributed by atoms with Crippen LogP contribution >= 0.6 is 0 Å². The Morgan fingerprint density at radius 2 is 1.70 bits per heavy atom. The van der Waals surface area contributed by atoms with Gasteiger partial charge in [0.2, 0.25) is 0 Å². The number of carbonyl (C=O) groups is 1. The van der Waals surface area contributed by atoms with E-state index in [-0.39, 0.29) is 28.8 Å². The second kappa shape index (κ2) is 11.2. The normalized spacial score (nSPS) is 14.2. The molecule has 9 heteroatoms. The summed E-state index contributed by atoms with van der Waals surface area (Å²) in [4.78, 5) is 18.2. The lowest BCUT2D eigenvalue weighted by atomic mass is 9.92. The zero-order chi connectivity index (χ0) is 26.5. The number of phenols is 1. The second-order valence-electron chi connectivity index (χ2n) is 9.19. The molecule has 0 spiro atoms. The Labute approximate surface area is 216 Å². The van der Waals surface area contributed by atoms with Gasteiger partial charge in [0, 0.05) is 53.6 Å². The van der Waals surface area contributed by atoms with E-state index < -0.39 is 12.1 Å². The largest absolute Gasteiger partial charge is 0.507 e. The van der Waals surface area contributed by atoms with Gasteiger partial charge in [0.05, 0.1) is 5.56 Å². The smallest absolute Gasteiger partial charge is 0.257 e. The number of amidine groups is 1. The third kappa shape index (κ3) is 5.46. The number of hydrogen-bond donors (Lipinski definition) is 6. The van der Waals surface area contributed by atoms with Crippen LogP contribution in [0.15, 0.2) is 60.9 Å². The molecule has 192 valence electrons. The van der Waals surface area contributed by atoms with Crippen LogP contribution in [-0.4, -0.2) is 40.3 Å². The zero-order valence-corrected chi connectivity index (χ0v) is 20.9. The van der Waals surface area contributed by atoms with Crippen molar-refractivity contribution in [3.63, 3.8) is 0 Å². The van der Waals surface area contributed by atoms with Crippen LogP contribution in [0.25, 0.3) is 11.1 Å². The Morgan fingerprint density at radius 1 is 1.08 bits per heavy atom. The lowest BCUT2D eigenvalue weighted by Gasteiger charge is -2.31. The average molecular weight is 500 g/mol. The maximum absolute atomic E-state index is 12.8. The maximum atomic E-state index is 12.8. The molecular weight excluding hydrogens is 466 g/mol. The van der Waals surface area contributed by atoms with Crippen molar-refractivity contribution < 1.29 is 9.90 Å². The summed E-state index contributed by atoms with van der Waals surface area (Å²) in [6.45, 7) is 2.17. The summed E-state index contributed by atoms with van der Waals surface area (Å²) < 4.78 is 0. The first-order chi connectivity index (χ1) is 17.8. The predicted molar refractivity (Wildman–Crippen MR) is 147 cm³/mol. The highest BCUT2D eigenvalue weighted by molar-refractivity contribution is 6.15. The number of aromatic nitrogens is 1. The number of pyridine rings is 1. The van der Waals surface area contributed by atoms with Crippen molar-refractivity contribution in [2.24, 2.45) is 11.7 Å². The highest BCUT2D eigenvalue weighted by Gasteiger charge is 2.29. The topological polar surface area (TPSA) is 165 Å². The van der Waals surface area contributed by atoms with Gasteiger partial charge in [-0.2, -0.15) is 0 Å². The summed E-state index contributed by atoms with van der Waals surface area (Å²) in [6, 6.07) is 14.0. The summed E-state index contributed by atoms with van der Waals surface area (Å²) in [5, 5.41) is 31.2. The molecule has 9 nitrogen and oxygen atoms in total. The quantitative estimate of drug-likeness (QED) is 0.119. The third-order valence-corrected chi connectivity index (χ3v) is 6.77. The van der Waals surface area contributed by atoms with Crippen LogP contribution < -0.4 is 21.7 Å². The zero-order valence-electron chi connectivity index (χ0n) is 20.9. The van der Waals surface area contributed by atoms with Gasteiger partial charge in [-0.1, -0.05) is 25.0 Å². The minimum absolute atomic E-state index is 0.100. The Morgan fingerprint density at radius 3 is 2.32 bits per heavy atom. The van der Waals surface area contributed by atoms with Gasteiger partial charge >= 0.3 is 0 Å². The van der Waals surface area contributed by atoms with Crippen LogP contribution in [0.5, 0.6) is 5.75 Å². The molecule has 1 saturated carbocycles. The van der Waals surface area contributed by atoms with Crippen LogP contribution in [0, 0.1) is 16.7 Å². The van der Waals surface area contributed by atoms with E-state index in [4.69, 9.17) is 22.3 Å². The van der Waals surface area contributed by atoms with E-state index >= 15 is 0 Å². The van der Waals surface area contributed by atoms with E-state index in [0.717, 1.165) is 36.8 Å². The highest BCUT2D eigenvalue weighted by atomic mass is 16.3. The summed E-state index contributed by atoms with van der Waals surface area (Å²) in [6.07, 6.45) is 6.17. The van der Waals surface area contributed by atoms with Crippen LogP contribution in [0.4, 0.5) is 11.4 Å². The number of amides is 1. The van der Waals surface area contributed by atoms with Crippen LogP contribution in [0.2, 0.25) is 0 Å². The molecule has 1 atom stereocenters. The van der Waals surface area contributed by atoms with Crippen LogP contribution in [0.3, 0.4) is 0 Å². The number of carbonyl (C=O) groups excluding carboxylic acids is 1. The van der Waals surface area contributed by atoms with Gasteiger partial charge in [0.1, 0.15) is 11.6 Å². The molecule has 8 N–H and O–H groups in total. The number of nitrogen functional groups attached to an aromatic ring is 1. The number of anilines is 2. The minimum atomic E-state index is -1.23. The van der Waals surface area contributed by atoms with Gasteiger partial charge in [-0.05, 0) is 61.2 Å². The molecule has 0 aliphatic heterocycles. The van der Waals surface area contributed by atoms with E-state index in [0.29, 0.717) is 23.5 Å². The molecule has 1 unspecified atom stereocenters. The monoisotopic (exact) mass is 499 g/mol. The molecule has 37 heavy (non-hydrogen) atoms. The number of aromatic hydroxyl groups is 1. The fourth-order valence-corrected chi connectivity index (χ4v) is 4.78. The molecule has 1 heterocycles. The van der Waals surface area contributed by atoms with Gasteiger partial charge in [-0.15, -0.1) is 0 Å². The van der Waals surface area contributed by atoms with Crippen molar-refractivity contribution in [1.82, 2.24) is 10.3 Å². The maximum Gasteiger partial charge on any atom is 0.257 e. The molecule has 1 amide bonds. The lowest BCUT2D eigenvalue weighted by Crippen LogP contribution is -2.55. The average Bonchev–Trinajstić information content (AvgIpc) is 3.45. The van der Waals surface area contributed by atoms with E-state index in [1.165, 1.54) is 11.0 Å². The summed E-state index contributed by atoms with van der Waals surface area (Å²) in [7, 11) is 0. The molecular formula is C28H33N7O2. The molecule has 0 radical (unpaired) electrons. The number of hydrogen-bond acceptors (Lipinski definition) is 7. The molecule has 3 aromatic rings. The third-order valence-electron chi connectivity index (χ3n) is 6.77. The van der Waals surface area contributed by atoms with Crippen molar-refractivity contribution >= 4 is 28.8 Å². The van der Waals surface area contributed by atoms with Crippen molar-refractivity contribution in [2.45, 2.75) is 38.8 Å². The Kier molecular flexibility index (Phi) is 7.83. The lowest BCUT2D eigenvalue weighted by molar-refractivity contribution is -0.122. The number of nitrogens with zero attached hydrogens (tertiary/aromatic N) is 2. The summed E-state index contributed by atoms with van der Waals surface area (Å²) in [5.74, 6) is -0.747. The van der Waals surface area contributed by atoms with E-state index in [9.17, 15) is 9.90 Å². The number of benzene rings is 2. The molecule has 4 rings (SSSR count). The summed E-state index contributed by atoms with van der Waals surface area (Å²) in [5.41, 5.74) is 16.3. The summed E-state index contributed by atoms with van der Waals surface area (Å²) >= 11 is 0. The molecule has 2 aromatic carbocycles. The van der Waals surface area contributed by atoms with Crippen LogP contribution in [0.1, 0.15) is 43.7 Å². The molecule has 1 aliphatic rings. The van der Waals surface area contributed by atoms with Gasteiger partial charge in [0.15, 0.2) is 6.17 Å². The SMILES string of the molecule is CCNC(=O)C(N)N(C(=N)c1cc(C(=N)C2CCCC2)c(N)cc1O)c1ccc(-c2ccncc2)cc1. The number of nitrogens with one attached hydrogen (secondary N) is 3. The number of phenolic OH excluding ortho intramolecular Hbond substituents is 1. The second-order valence-corrected chi connectivity index (χ2v) is 9.19. The first kappa shape index (κ1) is 25.8. The van der Waals surface area contributed by atoms with Gasteiger partial charge < -0.3 is 32.2 Å².